The molecule has 0 spiro atoms. The van der Waals surface area contributed by atoms with Crippen LogP contribution in [-0.2, 0) is 0 Å². The van der Waals surface area contributed by atoms with Gasteiger partial charge in [0.15, 0.2) is 0 Å². The van der Waals surface area contributed by atoms with Gasteiger partial charge in [-0.15, -0.1) is 0 Å². The molecule has 0 aromatic carbocycles. The SMILES string of the molecule is CCC(C)(C)NC(=O)c1cc(Cl)c[nH]1. The van der Waals surface area contributed by atoms with Gasteiger partial charge in [-0.2, -0.15) is 0 Å². The van der Waals surface area contributed by atoms with Crippen LogP contribution in [0.2, 0.25) is 5.02 Å². The standard InChI is InChI=1S/C10H15ClN2O/c1-4-10(2,3)13-9(14)8-5-7(11)6-12-8/h5-6,12H,4H2,1-3H3,(H,13,14). The largest absolute Gasteiger partial charge is 0.356 e. The Morgan fingerprint density at radius 3 is 2.71 bits per heavy atom. The summed E-state index contributed by atoms with van der Waals surface area (Å²) in [6.45, 7) is 5.99. The van der Waals surface area contributed by atoms with Crippen molar-refractivity contribution in [3.63, 3.8) is 0 Å². The quantitative estimate of drug-likeness (QED) is 0.798. The summed E-state index contributed by atoms with van der Waals surface area (Å²) in [5.74, 6) is -0.122. The molecular formula is C10H15ClN2O. The lowest BCUT2D eigenvalue weighted by Gasteiger charge is -2.23. The second kappa shape index (κ2) is 4.05. The molecule has 1 heterocycles. The molecule has 4 heteroatoms. The predicted octanol–water partition coefficient (Wildman–Crippen LogP) is 2.59. The number of hydrogen-bond acceptors (Lipinski definition) is 1. The van der Waals surface area contributed by atoms with Gasteiger partial charge in [-0.3, -0.25) is 4.79 Å². The van der Waals surface area contributed by atoms with E-state index in [1.54, 1.807) is 12.3 Å². The number of halogens is 1. The third kappa shape index (κ3) is 2.77. The Bertz CT molecular complexity index is 331. The number of nitrogens with one attached hydrogen (secondary N) is 2. The number of aromatic amines is 1. The normalized spacial score (nSPS) is 11.4. The summed E-state index contributed by atoms with van der Waals surface area (Å²) in [4.78, 5) is 14.4. The van der Waals surface area contributed by atoms with Crippen molar-refractivity contribution in [3.8, 4) is 0 Å². The van der Waals surface area contributed by atoms with E-state index in [4.69, 9.17) is 11.6 Å². The van der Waals surface area contributed by atoms with E-state index < -0.39 is 0 Å². The molecular weight excluding hydrogens is 200 g/mol. The lowest BCUT2D eigenvalue weighted by atomic mass is 10.0. The Balaban J connectivity index is 2.68. The summed E-state index contributed by atoms with van der Waals surface area (Å²) in [6.07, 6.45) is 2.47. The van der Waals surface area contributed by atoms with Crippen LogP contribution in [0.15, 0.2) is 12.3 Å². The highest BCUT2D eigenvalue weighted by Gasteiger charge is 2.19. The fourth-order valence-electron chi connectivity index (χ4n) is 0.962. The van der Waals surface area contributed by atoms with Gasteiger partial charge in [-0.25, -0.2) is 0 Å². The molecule has 0 saturated carbocycles. The Labute approximate surface area is 88.8 Å². The van der Waals surface area contributed by atoms with E-state index in [9.17, 15) is 4.79 Å². The molecule has 14 heavy (non-hydrogen) atoms. The highest BCUT2D eigenvalue weighted by atomic mass is 35.5. The predicted molar refractivity (Wildman–Crippen MR) is 57.6 cm³/mol. The summed E-state index contributed by atoms with van der Waals surface area (Å²) in [7, 11) is 0. The molecule has 0 fully saturated rings. The number of rotatable bonds is 3. The molecule has 0 aliphatic rings. The van der Waals surface area contributed by atoms with E-state index in [2.05, 4.69) is 10.3 Å². The zero-order valence-corrected chi connectivity index (χ0v) is 9.40. The molecule has 0 unspecified atom stereocenters. The molecule has 78 valence electrons. The fourth-order valence-corrected chi connectivity index (χ4v) is 1.13. The van der Waals surface area contributed by atoms with Crippen LogP contribution in [0.3, 0.4) is 0 Å². The molecule has 1 amide bonds. The van der Waals surface area contributed by atoms with Crippen LogP contribution < -0.4 is 5.32 Å². The maximum atomic E-state index is 11.6. The molecule has 1 aromatic rings. The number of carbonyl (C=O) groups excluding carboxylic acids is 1. The lowest BCUT2D eigenvalue weighted by molar-refractivity contribution is 0.0907. The Morgan fingerprint density at radius 1 is 1.64 bits per heavy atom. The zero-order valence-electron chi connectivity index (χ0n) is 8.65. The van der Waals surface area contributed by atoms with Crippen molar-refractivity contribution in [2.24, 2.45) is 0 Å². The van der Waals surface area contributed by atoms with Crippen molar-refractivity contribution < 1.29 is 4.79 Å². The number of hydrogen-bond donors (Lipinski definition) is 2. The first-order valence-corrected chi connectivity index (χ1v) is 4.99. The first-order chi connectivity index (χ1) is 6.44. The van der Waals surface area contributed by atoms with Crippen molar-refractivity contribution in [2.75, 3.05) is 0 Å². The molecule has 2 N–H and O–H groups in total. The van der Waals surface area contributed by atoms with Crippen LogP contribution in [-0.4, -0.2) is 16.4 Å². The van der Waals surface area contributed by atoms with Crippen molar-refractivity contribution in [1.29, 1.82) is 0 Å². The molecule has 0 saturated heterocycles. The summed E-state index contributed by atoms with van der Waals surface area (Å²) < 4.78 is 0. The average molecular weight is 215 g/mol. The number of amides is 1. The van der Waals surface area contributed by atoms with Crippen LogP contribution in [0.5, 0.6) is 0 Å². The van der Waals surface area contributed by atoms with E-state index in [1.807, 2.05) is 20.8 Å². The summed E-state index contributed by atoms with van der Waals surface area (Å²) in [6, 6.07) is 1.61. The van der Waals surface area contributed by atoms with Crippen molar-refractivity contribution in [2.45, 2.75) is 32.7 Å². The minimum absolute atomic E-state index is 0.122. The van der Waals surface area contributed by atoms with Gasteiger partial charge in [-0.1, -0.05) is 18.5 Å². The molecule has 3 nitrogen and oxygen atoms in total. The Morgan fingerprint density at radius 2 is 2.29 bits per heavy atom. The average Bonchev–Trinajstić information content (AvgIpc) is 2.51. The molecule has 0 aliphatic carbocycles. The van der Waals surface area contributed by atoms with Gasteiger partial charge in [0.25, 0.3) is 5.91 Å². The Kier molecular flexibility index (Phi) is 3.21. The molecule has 0 radical (unpaired) electrons. The smallest absolute Gasteiger partial charge is 0.268 e. The third-order valence-electron chi connectivity index (χ3n) is 2.23. The number of H-pyrrole nitrogens is 1. The van der Waals surface area contributed by atoms with E-state index in [0.717, 1.165) is 6.42 Å². The third-order valence-corrected chi connectivity index (χ3v) is 2.45. The van der Waals surface area contributed by atoms with Gasteiger partial charge in [0.05, 0.1) is 5.02 Å². The second-order valence-electron chi connectivity index (χ2n) is 3.92. The van der Waals surface area contributed by atoms with Gasteiger partial charge in [0.1, 0.15) is 5.69 Å². The second-order valence-corrected chi connectivity index (χ2v) is 4.36. The lowest BCUT2D eigenvalue weighted by Crippen LogP contribution is -2.42. The minimum atomic E-state index is -0.186. The molecule has 0 atom stereocenters. The number of carbonyl (C=O) groups is 1. The molecule has 0 aliphatic heterocycles. The minimum Gasteiger partial charge on any atom is -0.356 e. The zero-order chi connectivity index (χ0) is 10.8. The van der Waals surface area contributed by atoms with Crippen molar-refractivity contribution in [1.82, 2.24) is 10.3 Å². The van der Waals surface area contributed by atoms with Crippen molar-refractivity contribution in [3.05, 3.63) is 23.0 Å². The van der Waals surface area contributed by atoms with Crippen LogP contribution in [0.25, 0.3) is 0 Å². The topological polar surface area (TPSA) is 44.9 Å². The summed E-state index contributed by atoms with van der Waals surface area (Å²) >= 11 is 5.70. The van der Waals surface area contributed by atoms with Gasteiger partial charge >= 0.3 is 0 Å². The van der Waals surface area contributed by atoms with Crippen LogP contribution in [0.1, 0.15) is 37.7 Å². The van der Waals surface area contributed by atoms with E-state index in [-0.39, 0.29) is 11.4 Å². The van der Waals surface area contributed by atoms with Crippen LogP contribution in [0, 0.1) is 0 Å². The van der Waals surface area contributed by atoms with Crippen LogP contribution >= 0.6 is 11.6 Å². The van der Waals surface area contributed by atoms with Crippen LogP contribution in [0.4, 0.5) is 0 Å². The van der Waals surface area contributed by atoms with E-state index in [0.29, 0.717) is 10.7 Å². The highest BCUT2D eigenvalue weighted by molar-refractivity contribution is 6.30. The van der Waals surface area contributed by atoms with E-state index >= 15 is 0 Å². The molecule has 1 rings (SSSR count). The maximum absolute atomic E-state index is 11.6. The maximum Gasteiger partial charge on any atom is 0.268 e. The van der Waals surface area contributed by atoms with Gasteiger partial charge < -0.3 is 10.3 Å². The van der Waals surface area contributed by atoms with Gasteiger partial charge in [-0.05, 0) is 26.3 Å². The monoisotopic (exact) mass is 214 g/mol. The fraction of sp³-hybridized carbons (Fsp3) is 0.500. The van der Waals surface area contributed by atoms with Gasteiger partial charge in [0.2, 0.25) is 0 Å². The first-order valence-electron chi connectivity index (χ1n) is 4.61. The van der Waals surface area contributed by atoms with Crippen molar-refractivity contribution >= 4 is 17.5 Å². The van der Waals surface area contributed by atoms with Gasteiger partial charge in [0, 0.05) is 11.7 Å². The highest BCUT2D eigenvalue weighted by Crippen LogP contribution is 2.12. The van der Waals surface area contributed by atoms with E-state index in [1.165, 1.54) is 0 Å². The number of aromatic nitrogens is 1. The summed E-state index contributed by atoms with van der Waals surface area (Å²) in [5.41, 5.74) is 0.311. The Hall–Kier alpha value is -0.960. The molecule has 1 aromatic heterocycles. The summed E-state index contributed by atoms with van der Waals surface area (Å²) in [5, 5.41) is 3.45. The molecule has 0 bridgehead atoms. The first kappa shape index (κ1) is 11.1.